The lowest BCUT2D eigenvalue weighted by Gasteiger charge is -2.18. The molecule has 19 heavy (non-hydrogen) atoms. The maximum Gasteiger partial charge on any atom is 0.178 e. The second kappa shape index (κ2) is 7.03. The zero-order valence-corrected chi connectivity index (χ0v) is 12.5. The Morgan fingerprint density at radius 3 is 2.37 bits per heavy atom. The van der Waals surface area contributed by atoms with Gasteiger partial charge in [0.25, 0.3) is 0 Å². The molecule has 0 radical (unpaired) electrons. The van der Waals surface area contributed by atoms with Crippen LogP contribution in [0.5, 0.6) is 0 Å². The van der Waals surface area contributed by atoms with E-state index in [9.17, 15) is 8.42 Å². The molecule has 0 bridgehead atoms. The van der Waals surface area contributed by atoms with E-state index in [1.807, 2.05) is 6.07 Å². The van der Waals surface area contributed by atoms with Crippen molar-refractivity contribution in [3.05, 3.63) is 29.8 Å². The van der Waals surface area contributed by atoms with Crippen molar-refractivity contribution in [2.24, 2.45) is 17.4 Å². The summed E-state index contributed by atoms with van der Waals surface area (Å²) in [7, 11) is -3.14. The number of hydrogen-bond acceptors (Lipinski definition) is 4. The van der Waals surface area contributed by atoms with E-state index in [0.29, 0.717) is 18.0 Å². The molecule has 0 heterocycles. The van der Waals surface area contributed by atoms with Crippen molar-refractivity contribution in [2.45, 2.75) is 31.1 Å². The van der Waals surface area contributed by atoms with Gasteiger partial charge in [0.05, 0.1) is 10.6 Å². The average molecular weight is 284 g/mol. The summed E-state index contributed by atoms with van der Waals surface area (Å²) in [5.74, 6) is 0.657. The zero-order valence-electron chi connectivity index (χ0n) is 11.7. The number of hydrogen-bond donors (Lipinski definition) is 2. The average Bonchev–Trinajstić information content (AvgIpc) is 2.44. The first-order chi connectivity index (χ1) is 8.94. The van der Waals surface area contributed by atoms with Crippen molar-refractivity contribution in [3.8, 4) is 0 Å². The Bertz CT molecular complexity index is 496. The minimum atomic E-state index is -3.14. The molecule has 1 aromatic carbocycles. The van der Waals surface area contributed by atoms with E-state index < -0.39 is 9.84 Å². The van der Waals surface area contributed by atoms with Crippen LogP contribution in [-0.4, -0.2) is 27.3 Å². The van der Waals surface area contributed by atoms with Crippen molar-refractivity contribution >= 4 is 9.84 Å². The Morgan fingerprint density at radius 1 is 1.21 bits per heavy atom. The van der Waals surface area contributed by atoms with Gasteiger partial charge < -0.3 is 11.5 Å². The first-order valence-corrected chi connectivity index (χ1v) is 8.32. The van der Waals surface area contributed by atoms with Crippen LogP contribution < -0.4 is 11.5 Å². The lowest BCUT2D eigenvalue weighted by molar-refractivity contribution is 0.465. The van der Waals surface area contributed by atoms with Gasteiger partial charge in [0, 0.05) is 0 Å². The molecule has 1 aromatic rings. The van der Waals surface area contributed by atoms with Crippen LogP contribution >= 0.6 is 0 Å². The summed E-state index contributed by atoms with van der Waals surface area (Å²) in [6.45, 7) is 4.86. The summed E-state index contributed by atoms with van der Waals surface area (Å²) in [4.78, 5) is 0.399. The molecule has 0 saturated heterocycles. The van der Waals surface area contributed by atoms with Crippen molar-refractivity contribution in [2.75, 3.05) is 18.8 Å². The van der Waals surface area contributed by atoms with Crippen LogP contribution in [0.15, 0.2) is 29.2 Å². The van der Waals surface area contributed by atoms with E-state index in [0.717, 1.165) is 12.0 Å². The third-order valence-corrected chi connectivity index (χ3v) is 5.25. The highest BCUT2D eigenvalue weighted by Crippen LogP contribution is 2.25. The fourth-order valence-corrected chi connectivity index (χ4v) is 3.04. The molecule has 0 fully saturated rings. The highest BCUT2D eigenvalue weighted by atomic mass is 32.2. The molecular weight excluding hydrogens is 260 g/mol. The Balaban J connectivity index is 2.93. The van der Waals surface area contributed by atoms with E-state index >= 15 is 0 Å². The molecule has 4 nitrogen and oxygen atoms in total. The summed E-state index contributed by atoms with van der Waals surface area (Å²) in [6.07, 6.45) is 0.878. The second-order valence-corrected chi connectivity index (χ2v) is 7.23. The largest absolute Gasteiger partial charge is 0.330 e. The third kappa shape index (κ3) is 4.30. The van der Waals surface area contributed by atoms with Crippen molar-refractivity contribution in [1.29, 1.82) is 0 Å². The zero-order chi connectivity index (χ0) is 14.5. The van der Waals surface area contributed by atoms with Crippen LogP contribution in [0.1, 0.15) is 31.7 Å². The van der Waals surface area contributed by atoms with Gasteiger partial charge in [-0.25, -0.2) is 8.42 Å². The molecule has 1 unspecified atom stereocenters. The third-order valence-electron chi connectivity index (χ3n) is 3.52. The topological polar surface area (TPSA) is 86.2 Å². The molecule has 108 valence electrons. The lowest BCUT2D eigenvalue weighted by atomic mass is 9.90. The first-order valence-electron chi connectivity index (χ1n) is 6.67. The van der Waals surface area contributed by atoms with Crippen LogP contribution in [0.4, 0.5) is 0 Å². The number of sulfone groups is 1. The fourth-order valence-electron chi connectivity index (χ4n) is 2.11. The minimum Gasteiger partial charge on any atom is -0.330 e. The summed E-state index contributed by atoms with van der Waals surface area (Å²) < 4.78 is 23.7. The summed E-state index contributed by atoms with van der Waals surface area (Å²) >= 11 is 0. The lowest BCUT2D eigenvalue weighted by Crippen LogP contribution is -2.24. The highest BCUT2D eigenvalue weighted by molar-refractivity contribution is 7.91. The fraction of sp³-hybridized carbons (Fsp3) is 0.571. The smallest absolute Gasteiger partial charge is 0.178 e. The molecule has 0 aliphatic heterocycles. The summed E-state index contributed by atoms with van der Waals surface area (Å²) in [5.41, 5.74) is 12.3. The molecule has 1 rings (SSSR count). The van der Waals surface area contributed by atoms with Gasteiger partial charge in [0.15, 0.2) is 9.84 Å². The Labute approximate surface area is 116 Å². The van der Waals surface area contributed by atoms with Crippen LogP contribution in [0, 0.1) is 5.92 Å². The van der Waals surface area contributed by atoms with Crippen molar-refractivity contribution in [1.82, 2.24) is 0 Å². The summed E-state index contributed by atoms with van der Waals surface area (Å²) in [5, 5.41) is 0. The molecule has 0 aliphatic carbocycles. The van der Waals surface area contributed by atoms with E-state index in [1.165, 1.54) is 0 Å². The normalized spacial score (nSPS) is 13.7. The second-order valence-electron chi connectivity index (χ2n) is 4.95. The predicted molar refractivity (Wildman–Crippen MR) is 78.8 cm³/mol. The number of nitrogens with two attached hydrogens (primary N) is 2. The molecule has 0 spiro atoms. The maximum absolute atomic E-state index is 11.9. The highest BCUT2D eigenvalue weighted by Gasteiger charge is 2.16. The van der Waals surface area contributed by atoms with Crippen molar-refractivity contribution in [3.63, 3.8) is 0 Å². The first kappa shape index (κ1) is 16.1. The molecule has 0 amide bonds. The monoisotopic (exact) mass is 284 g/mol. The Hall–Kier alpha value is -0.910. The van der Waals surface area contributed by atoms with Gasteiger partial charge in [0.1, 0.15) is 0 Å². The van der Waals surface area contributed by atoms with Gasteiger partial charge in [-0.15, -0.1) is 0 Å². The molecule has 1 atom stereocenters. The SMILES string of the molecule is CCS(=O)(=O)c1cccc(C(C)CC(CN)CN)c1. The van der Waals surface area contributed by atoms with E-state index in [1.54, 1.807) is 25.1 Å². The van der Waals surface area contributed by atoms with E-state index in [4.69, 9.17) is 11.5 Å². The van der Waals surface area contributed by atoms with Crippen LogP contribution in [0.3, 0.4) is 0 Å². The van der Waals surface area contributed by atoms with Crippen LogP contribution in [0.2, 0.25) is 0 Å². The molecule has 4 N–H and O–H groups in total. The van der Waals surface area contributed by atoms with Gasteiger partial charge in [-0.05, 0) is 49.0 Å². The van der Waals surface area contributed by atoms with Crippen molar-refractivity contribution < 1.29 is 8.42 Å². The summed E-state index contributed by atoms with van der Waals surface area (Å²) in [6, 6.07) is 7.18. The van der Waals surface area contributed by atoms with Gasteiger partial charge >= 0.3 is 0 Å². The van der Waals surface area contributed by atoms with E-state index in [-0.39, 0.29) is 17.6 Å². The quantitative estimate of drug-likeness (QED) is 0.794. The number of rotatable bonds is 7. The molecule has 0 aromatic heterocycles. The Kier molecular flexibility index (Phi) is 5.97. The van der Waals surface area contributed by atoms with E-state index in [2.05, 4.69) is 6.92 Å². The molecule has 5 heteroatoms. The predicted octanol–water partition coefficient (Wildman–Crippen LogP) is 1.51. The van der Waals surface area contributed by atoms with Gasteiger partial charge in [-0.1, -0.05) is 26.0 Å². The molecule has 0 aliphatic rings. The Morgan fingerprint density at radius 2 is 1.84 bits per heavy atom. The van der Waals surface area contributed by atoms with Gasteiger partial charge in [0.2, 0.25) is 0 Å². The molecular formula is C14H24N2O2S. The van der Waals surface area contributed by atoms with Crippen LogP contribution in [0.25, 0.3) is 0 Å². The maximum atomic E-state index is 11.9. The molecule has 0 saturated carbocycles. The van der Waals surface area contributed by atoms with Gasteiger partial charge in [-0.2, -0.15) is 0 Å². The minimum absolute atomic E-state index is 0.124. The standard InChI is InChI=1S/C14H24N2O2S/c1-3-19(17,18)14-6-4-5-13(8-14)11(2)7-12(9-15)10-16/h4-6,8,11-12H,3,7,9-10,15-16H2,1-2H3. The van der Waals surface area contributed by atoms with Gasteiger partial charge in [-0.3, -0.25) is 0 Å². The number of benzene rings is 1. The van der Waals surface area contributed by atoms with Crippen LogP contribution in [-0.2, 0) is 9.84 Å².